The lowest BCUT2D eigenvalue weighted by molar-refractivity contribution is 0.372. The predicted molar refractivity (Wildman–Crippen MR) is 96.6 cm³/mol. The summed E-state index contributed by atoms with van der Waals surface area (Å²) in [5, 5.41) is 7.30. The molecule has 130 valence electrons. The molecule has 0 amide bonds. The number of hydrogen-bond donors (Lipinski definition) is 2. The maximum absolute atomic E-state index is 6.39. The van der Waals surface area contributed by atoms with Gasteiger partial charge in [0.2, 0.25) is 0 Å². The minimum absolute atomic E-state index is 0. The van der Waals surface area contributed by atoms with Crippen LogP contribution in [0.4, 0.5) is 11.5 Å². The Labute approximate surface area is 151 Å². The highest BCUT2D eigenvalue weighted by Crippen LogP contribution is 2.35. The molecule has 2 aromatic heterocycles. The molecule has 1 saturated carbocycles. The Balaban J connectivity index is 0.00000182. The lowest BCUT2D eigenvalue weighted by Crippen LogP contribution is -2.34. The van der Waals surface area contributed by atoms with Crippen molar-refractivity contribution < 1.29 is 4.52 Å². The van der Waals surface area contributed by atoms with Crippen LogP contribution in [0.1, 0.15) is 31.5 Å². The van der Waals surface area contributed by atoms with Crippen LogP contribution in [0.25, 0.3) is 11.5 Å². The van der Waals surface area contributed by atoms with Gasteiger partial charge < -0.3 is 15.6 Å². The third kappa shape index (κ3) is 3.62. The highest BCUT2D eigenvalue weighted by atomic mass is 35.5. The third-order valence-electron chi connectivity index (χ3n) is 4.31. The summed E-state index contributed by atoms with van der Waals surface area (Å²) in [4.78, 5) is 12.8. The molecule has 7 nitrogen and oxygen atoms in total. The Morgan fingerprint density at radius 1 is 1.16 bits per heavy atom. The Bertz CT molecular complexity index is 832. The summed E-state index contributed by atoms with van der Waals surface area (Å²) in [6.07, 6.45) is 8.96. The summed E-state index contributed by atoms with van der Waals surface area (Å²) in [5.74, 6) is 1.75. The number of benzene rings is 1. The quantitative estimate of drug-likeness (QED) is 0.736. The predicted octanol–water partition coefficient (Wildman–Crippen LogP) is 3.42. The van der Waals surface area contributed by atoms with Crippen LogP contribution in [0.5, 0.6) is 0 Å². The zero-order valence-electron chi connectivity index (χ0n) is 13.6. The molecule has 4 rings (SSSR count). The average Bonchev–Trinajstić information content (AvgIpc) is 3.26. The molecular weight excluding hydrogens is 340 g/mol. The Morgan fingerprint density at radius 2 is 2.00 bits per heavy atom. The van der Waals surface area contributed by atoms with E-state index in [0.29, 0.717) is 17.5 Å². The van der Waals surface area contributed by atoms with Gasteiger partial charge in [-0.2, -0.15) is 4.98 Å². The van der Waals surface area contributed by atoms with E-state index >= 15 is 0 Å². The second-order valence-corrected chi connectivity index (χ2v) is 6.08. The topological polar surface area (TPSA) is 103 Å². The Kier molecular flexibility index (Phi) is 4.96. The van der Waals surface area contributed by atoms with Gasteiger partial charge in [0.15, 0.2) is 5.82 Å². The van der Waals surface area contributed by atoms with Crippen molar-refractivity contribution in [3.63, 3.8) is 0 Å². The SMILES string of the molecule is Cl.NC1(c2noc(-c3cccc(Nc4cnccn4)c3)n2)CCCC1. The lowest BCUT2D eigenvalue weighted by Gasteiger charge is -2.17. The first kappa shape index (κ1) is 17.3. The smallest absolute Gasteiger partial charge is 0.258 e. The van der Waals surface area contributed by atoms with Gasteiger partial charge in [0.1, 0.15) is 5.82 Å². The molecule has 1 fully saturated rings. The van der Waals surface area contributed by atoms with E-state index in [1.165, 1.54) is 0 Å². The van der Waals surface area contributed by atoms with Crippen molar-refractivity contribution in [2.75, 3.05) is 5.32 Å². The van der Waals surface area contributed by atoms with Crippen LogP contribution in [-0.2, 0) is 5.54 Å². The molecule has 1 aliphatic carbocycles. The van der Waals surface area contributed by atoms with Crippen molar-refractivity contribution in [1.29, 1.82) is 0 Å². The first-order valence-electron chi connectivity index (χ1n) is 7.99. The number of aromatic nitrogens is 4. The highest BCUT2D eigenvalue weighted by Gasteiger charge is 2.36. The average molecular weight is 359 g/mol. The Hall–Kier alpha value is -2.51. The van der Waals surface area contributed by atoms with Gasteiger partial charge in [-0.3, -0.25) is 4.98 Å². The molecule has 25 heavy (non-hydrogen) atoms. The number of nitrogens with two attached hydrogens (primary N) is 1. The fourth-order valence-electron chi connectivity index (χ4n) is 3.01. The van der Waals surface area contributed by atoms with Crippen LogP contribution >= 0.6 is 12.4 Å². The van der Waals surface area contributed by atoms with E-state index in [2.05, 4.69) is 25.4 Å². The van der Waals surface area contributed by atoms with Gasteiger partial charge in [-0.25, -0.2) is 4.98 Å². The molecule has 0 bridgehead atoms. The number of nitrogens with zero attached hydrogens (tertiary/aromatic N) is 4. The number of rotatable bonds is 4. The van der Waals surface area contributed by atoms with Crippen molar-refractivity contribution in [2.24, 2.45) is 5.73 Å². The summed E-state index contributed by atoms with van der Waals surface area (Å²) in [6.45, 7) is 0. The maximum Gasteiger partial charge on any atom is 0.258 e. The van der Waals surface area contributed by atoms with Gasteiger partial charge >= 0.3 is 0 Å². The molecule has 0 aliphatic heterocycles. The number of halogens is 1. The second-order valence-electron chi connectivity index (χ2n) is 6.08. The molecule has 0 radical (unpaired) electrons. The molecule has 3 N–H and O–H groups in total. The van der Waals surface area contributed by atoms with Crippen molar-refractivity contribution >= 4 is 23.9 Å². The van der Waals surface area contributed by atoms with Gasteiger partial charge in [0.05, 0.1) is 11.7 Å². The monoisotopic (exact) mass is 358 g/mol. The van der Waals surface area contributed by atoms with Gasteiger partial charge in [0.25, 0.3) is 5.89 Å². The zero-order valence-corrected chi connectivity index (χ0v) is 14.4. The summed E-state index contributed by atoms with van der Waals surface area (Å²) < 4.78 is 5.44. The van der Waals surface area contributed by atoms with Crippen LogP contribution < -0.4 is 11.1 Å². The fourth-order valence-corrected chi connectivity index (χ4v) is 3.01. The maximum atomic E-state index is 6.39. The van der Waals surface area contributed by atoms with Crippen molar-refractivity contribution in [3.8, 4) is 11.5 Å². The standard InChI is InChI=1S/C17H18N6O.ClH/c18-17(6-1-2-7-17)16-22-15(24-23-16)12-4-3-5-13(10-12)21-14-11-19-8-9-20-14;/h3-5,8-11H,1-2,6-7,18H2,(H,20,21);1H. The molecule has 0 spiro atoms. The molecule has 2 heterocycles. The van der Waals surface area contributed by atoms with Crippen LogP contribution in [0.2, 0.25) is 0 Å². The van der Waals surface area contributed by atoms with Crippen molar-refractivity contribution in [3.05, 3.63) is 48.7 Å². The normalized spacial score (nSPS) is 15.6. The molecule has 1 aromatic carbocycles. The van der Waals surface area contributed by atoms with Crippen molar-refractivity contribution in [2.45, 2.75) is 31.2 Å². The first-order chi connectivity index (χ1) is 11.7. The van der Waals surface area contributed by atoms with E-state index in [-0.39, 0.29) is 12.4 Å². The van der Waals surface area contributed by atoms with Gasteiger partial charge in [-0.1, -0.05) is 24.1 Å². The molecular formula is C17H19ClN6O. The molecule has 8 heteroatoms. The van der Waals surface area contributed by atoms with Gasteiger partial charge in [-0.15, -0.1) is 12.4 Å². The van der Waals surface area contributed by atoms with Crippen LogP contribution in [0.15, 0.2) is 47.4 Å². The summed E-state index contributed by atoms with van der Waals surface area (Å²) in [7, 11) is 0. The van der Waals surface area contributed by atoms with Crippen LogP contribution in [0, 0.1) is 0 Å². The zero-order chi connectivity index (χ0) is 16.4. The summed E-state index contributed by atoms with van der Waals surface area (Å²) in [5.41, 5.74) is 7.65. The van der Waals surface area contributed by atoms with E-state index < -0.39 is 5.54 Å². The lowest BCUT2D eigenvalue weighted by atomic mass is 9.99. The summed E-state index contributed by atoms with van der Waals surface area (Å²) >= 11 is 0. The molecule has 1 aliphatic rings. The molecule has 0 atom stereocenters. The van der Waals surface area contributed by atoms with Crippen molar-refractivity contribution in [1.82, 2.24) is 20.1 Å². The fraction of sp³-hybridized carbons (Fsp3) is 0.294. The van der Waals surface area contributed by atoms with E-state index in [4.69, 9.17) is 10.3 Å². The number of hydrogen-bond acceptors (Lipinski definition) is 7. The van der Waals surface area contributed by atoms with E-state index in [1.807, 2.05) is 24.3 Å². The van der Waals surface area contributed by atoms with Gasteiger partial charge in [-0.05, 0) is 31.0 Å². The van der Waals surface area contributed by atoms with Crippen LogP contribution in [-0.4, -0.2) is 20.1 Å². The van der Waals surface area contributed by atoms with Gasteiger partial charge in [0, 0.05) is 23.6 Å². The highest BCUT2D eigenvalue weighted by molar-refractivity contribution is 5.85. The first-order valence-corrected chi connectivity index (χ1v) is 7.99. The molecule has 0 saturated heterocycles. The minimum atomic E-state index is -0.447. The van der Waals surface area contributed by atoms with E-state index in [9.17, 15) is 0 Å². The number of nitrogens with one attached hydrogen (secondary N) is 1. The minimum Gasteiger partial charge on any atom is -0.339 e. The Morgan fingerprint density at radius 3 is 2.76 bits per heavy atom. The van der Waals surface area contributed by atoms with E-state index in [0.717, 1.165) is 36.9 Å². The largest absolute Gasteiger partial charge is 0.339 e. The second kappa shape index (κ2) is 7.16. The summed E-state index contributed by atoms with van der Waals surface area (Å²) in [6, 6.07) is 7.73. The third-order valence-corrected chi connectivity index (χ3v) is 4.31. The molecule has 3 aromatic rings. The van der Waals surface area contributed by atoms with E-state index in [1.54, 1.807) is 18.6 Å². The molecule has 0 unspecified atom stereocenters. The number of anilines is 2. The van der Waals surface area contributed by atoms with Crippen LogP contribution in [0.3, 0.4) is 0 Å².